The van der Waals surface area contributed by atoms with Gasteiger partial charge in [0.05, 0.1) is 6.33 Å². The van der Waals surface area contributed by atoms with Crippen molar-refractivity contribution in [3.05, 3.63) is 41.7 Å². The Morgan fingerprint density at radius 3 is 2.70 bits per heavy atom. The number of nitrogens with one attached hydrogen (secondary N) is 1. The maximum atomic E-state index is 13.4. The monoisotopic (exact) mass is 302 g/mol. The maximum Gasteiger partial charge on any atom is 0.260 e. The molecule has 0 fully saturated rings. The van der Waals surface area contributed by atoms with Gasteiger partial charge in [-0.15, -0.1) is 0 Å². The molecule has 0 atom stereocenters. The van der Waals surface area contributed by atoms with E-state index < -0.39 is 28.2 Å². The fourth-order valence-corrected chi connectivity index (χ4v) is 2.92. The fourth-order valence-electron chi connectivity index (χ4n) is 1.68. The van der Waals surface area contributed by atoms with E-state index in [0.717, 1.165) is 18.2 Å². The molecule has 0 saturated heterocycles. The number of nitrogens with two attached hydrogens (primary N) is 1. The van der Waals surface area contributed by atoms with Gasteiger partial charge in [0.2, 0.25) is 0 Å². The first-order valence-electron chi connectivity index (χ1n) is 5.51. The largest absolute Gasteiger partial charge is 0.381 e. The van der Waals surface area contributed by atoms with Crippen LogP contribution < -0.4 is 10.5 Å². The molecule has 2 rings (SSSR count). The van der Waals surface area contributed by atoms with Crippen molar-refractivity contribution in [1.82, 2.24) is 14.3 Å². The second kappa shape index (κ2) is 5.17. The molecule has 0 aliphatic rings. The van der Waals surface area contributed by atoms with Crippen LogP contribution in [-0.2, 0) is 23.6 Å². The second-order valence-corrected chi connectivity index (χ2v) is 5.79. The van der Waals surface area contributed by atoms with E-state index in [1.807, 2.05) is 0 Å². The van der Waals surface area contributed by atoms with Crippen LogP contribution in [-0.4, -0.2) is 18.0 Å². The highest BCUT2D eigenvalue weighted by molar-refractivity contribution is 7.89. The number of halogens is 2. The fraction of sp³-hybridized carbons (Fsp3) is 0.182. The summed E-state index contributed by atoms with van der Waals surface area (Å²) in [4.78, 5) is 3.66. The summed E-state index contributed by atoms with van der Waals surface area (Å²) in [7, 11) is -2.51. The minimum absolute atomic E-state index is 0.102. The van der Waals surface area contributed by atoms with E-state index in [1.165, 1.54) is 17.9 Å². The van der Waals surface area contributed by atoms with E-state index in [-0.39, 0.29) is 16.4 Å². The van der Waals surface area contributed by atoms with E-state index in [9.17, 15) is 17.2 Å². The van der Waals surface area contributed by atoms with E-state index >= 15 is 0 Å². The van der Waals surface area contributed by atoms with Crippen molar-refractivity contribution in [2.75, 3.05) is 5.73 Å². The lowest BCUT2D eigenvalue weighted by molar-refractivity contribution is 0.561. The zero-order chi connectivity index (χ0) is 14.9. The summed E-state index contributed by atoms with van der Waals surface area (Å²) in [5.41, 5.74) is 5.36. The predicted octanol–water partition coefficient (Wildman–Crippen LogP) is 0.759. The summed E-state index contributed by atoms with van der Waals surface area (Å²) >= 11 is 0. The summed E-state index contributed by atoms with van der Waals surface area (Å²) in [6, 6.07) is 2.80. The molecule has 0 aliphatic heterocycles. The molecule has 20 heavy (non-hydrogen) atoms. The van der Waals surface area contributed by atoms with Crippen molar-refractivity contribution in [1.29, 1.82) is 0 Å². The number of benzene rings is 1. The van der Waals surface area contributed by atoms with Gasteiger partial charge in [0.15, 0.2) is 10.8 Å². The van der Waals surface area contributed by atoms with Crippen LogP contribution >= 0.6 is 0 Å². The third-order valence-electron chi connectivity index (χ3n) is 2.62. The van der Waals surface area contributed by atoms with Gasteiger partial charge < -0.3 is 10.3 Å². The van der Waals surface area contributed by atoms with Crippen molar-refractivity contribution in [3.63, 3.8) is 0 Å². The Balaban J connectivity index is 2.24. The maximum absolute atomic E-state index is 13.4. The van der Waals surface area contributed by atoms with Gasteiger partial charge in [-0.3, -0.25) is 0 Å². The van der Waals surface area contributed by atoms with Gasteiger partial charge in [-0.1, -0.05) is 0 Å². The van der Waals surface area contributed by atoms with Crippen LogP contribution in [0.5, 0.6) is 0 Å². The summed E-state index contributed by atoms with van der Waals surface area (Å²) in [5, 5.41) is -0.227. The second-order valence-electron chi connectivity index (χ2n) is 4.11. The molecule has 1 heterocycles. The van der Waals surface area contributed by atoms with Crippen molar-refractivity contribution >= 4 is 15.8 Å². The van der Waals surface area contributed by atoms with Crippen LogP contribution in [0, 0.1) is 11.6 Å². The zero-order valence-electron chi connectivity index (χ0n) is 10.5. The van der Waals surface area contributed by atoms with Crippen LogP contribution in [0.3, 0.4) is 0 Å². The number of aromatic nitrogens is 2. The van der Waals surface area contributed by atoms with Crippen molar-refractivity contribution in [3.8, 4) is 0 Å². The van der Waals surface area contributed by atoms with Gasteiger partial charge in [0, 0.05) is 19.2 Å². The molecular weight excluding hydrogens is 290 g/mol. The molecule has 0 amide bonds. The number of aryl methyl sites for hydroxylation is 1. The highest BCUT2D eigenvalue weighted by atomic mass is 32.2. The van der Waals surface area contributed by atoms with Gasteiger partial charge in [-0.2, -0.15) is 0 Å². The number of hydrogen-bond donors (Lipinski definition) is 2. The first-order valence-corrected chi connectivity index (χ1v) is 7.00. The van der Waals surface area contributed by atoms with Gasteiger partial charge >= 0.3 is 0 Å². The molecule has 108 valence electrons. The Morgan fingerprint density at radius 1 is 1.40 bits per heavy atom. The summed E-state index contributed by atoms with van der Waals surface area (Å²) < 4.78 is 53.8. The molecule has 0 unspecified atom stereocenters. The van der Waals surface area contributed by atoms with E-state index in [4.69, 9.17) is 5.73 Å². The average molecular weight is 302 g/mol. The van der Waals surface area contributed by atoms with Crippen LogP contribution in [0.25, 0.3) is 0 Å². The molecule has 1 aromatic heterocycles. The molecule has 0 aliphatic carbocycles. The number of hydrogen-bond acceptors (Lipinski definition) is 4. The summed E-state index contributed by atoms with van der Waals surface area (Å²) in [6.07, 6.45) is 1.24. The van der Waals surface area contributed by atoms with Gasteiger partial charge in [-0.05, 0) is 18.2 Å². The Morgan fingerprint density at radius 2 is 2.10 bits per heavy atom. The smallest absolute Gasteiger partial charge is 0.260 e. The van der Waals surface area contributed by atoms with Gasteiger partial charge in [-0.25, -0.2) is 26.9 Å². The third-order valence-corrected chi connectivity index (χ3v) is 4.16. The quantitative estimate of drug-likeness (QED) is 0.872. The standard InChI is InChI=1S/C11H12F2N4O2S/c1-17-6-15-10(14)11(17)20(18,19)16-5-7-4-8(12)2-3-9(7)13/h2-4,6,16H,5,14H2,1H3. The first-order chi connectivity index (χ1) is 9.31. The van der Waals surface area contributed by atoms with Gasteiger partial charge in [0.1, 0.15) is 11.6 Å². The first kappa shape index (κ1) is 14.4. The number of rotatable bonds is 4. The Labute approximate surface area is 114 Å². The number of nitrogens with zero attached hydrogens (tertiary/aromatic N) is 2. The number of anilines is 1. The Bertz CT molecular complexity index is 723. The van der Waals surface area contributed by atoms with Crippen LogP contribution in [0.1, 0.15) is 5.56 Å². The molecule has 9 heteroatoms. The van der Waals surface area contributed by atoms with E-state index in [2.05, 4.69) is 9.71 Å². The minimum atomic E-state index is -3.97. The summed E-state index contributed by atoms with van der Waals surface area (Å²) in [5.74, 6) is -1.52. The third kappa shape index (κ3) is 2.78. The normalized spacial score (nSPS) is 11.8. The Hall–Kier alpha value is -2.00. The van der Waals surface area contributed by atoms with Crippen molar-refractivity contribution in [2.45, 2.75) is 11.6 Å². The lowest BCUT2D eigenvalue weighted by Crippen LogP contribution is -2.26. The van der Waals surface area contributed by atoms with E-state index in [0.29, 0.717) is 0 Å². The highest BCUT2D eigenvalue weighted by Gasteiger charge is 2.22. The van der Waals surface area contributed by atoms with Crippen molar-refractivity contribution < 1.29 is 17.2 Å². The molecule has 6 nitrogen and oxygen atoms in total. The van der Waals surface area contributed by atoms with E-state index in [1.54, 1.807) is 0 Å². The molecule has 2 aromatic rings. The van der Waals surface area contributed by atoms with Crippen molar-refractivity contribution in [2.24, 2.45) is 7.05 Å². The van der Waals surface area contributed by atoms with Gasteiger partial charge in [0.25, 0.3) is 10.0 Å². The van der Waals surface area contributed by atoms with Crippen LogP contribution in [0.2, 0.25) is 0 Å². The molecule has 0 saturated carbocycles. The SMILES string of the molecule is Cn1cnc(N)c1S(=O)(=O)NCc1cc(F)ccc1F. The molecule has 0 bridgehead atoms. The lowest BCUT2D eigenvalue weighted by Gasteiger charge is -2.08. The molecule has 3 N–H and O–H groups in total. The average Bonchev–Trinajstić information content (AvgIpc) is 2.71. The van der Waals surface area contributed by atoms with Crippen LogP contribution in [0.4, 0.5) is 14.6 Å². The molecular formula is C11H12F2N4O2S. The molecule has 1 aromatic carbocycles. The van der Waals surface area contributed by atoms with Crippen LogP contribution in [0.15, 0.2) is 29.6 Å². The lowest BCUT2D eigenvalue weighted by atomic mass is 10.2. The number of nitrogen functional groups attached to an aromatic ring is 1. The highest BCUT2D eigenvalue weighted by Crippen LogP contribution is 2.16. The summed E-state index contributed by atoms with van der Waals surface area (Å²) in [6.45, 7) is -0.392. The predicted molar refractivity (Wildman–Crippen MR) is 68.0 cm³/mol. The zero-order valence-corrected chi connectivity index (χ0v) is 11.3. The Kier molecular flexibility index (Phi) is 3.73. The minimum Gasteiger partial charge on any atom is -0.381 e. The molecule has 0 radical (unpaired) electrons. The number of imidazole rings is 1. The molecule has 0 spiro atoms. The number of sulfonamides is 1. The topological polar surface area (TPSA) is 90.0 Å².